The summed E-state index contributed by atoms with van der Waals surface area (Å²) in [7, 11) is 5.21. The molecule has 0 aromatic carbocycles. The van der Waals surface area contributed by atoms with Gasteiger partial charge in [-0.05, 0) is 18.6 Å². The van der Waals surface area contributed by atoms with Gasteiger partial charge in [-0.1, -0.05) is 0 Å². The Bertz CT molecular complexity index is 516. The number of amides is 2. The Hall–Kier alpha value is -2.11. The van der Waals surface area contributed by atoms with Crippen molar-refractivity contribution in [2.24, 2.45) is 0 Å². The van der Waals surface area contributed by atoms with Gasteiger partial charge in [0.05, 0.1) is 0 Å². The molecule has 1 atom stereocenters. The van der Waals surface area contributed by atoms with Crippen molar-refractivity contribution in [1.29, 1.82) is 0 Å². The molecule has 1 aliphatic rings. The number of likely N-dealkylation sites (N-methyl/N-ethyl adjacent to an activating group) is 1. The number of carbonyl (C=O) groups is 2. The number of pyridine rings is 1. The third kappa shape index (κ3) is 3.26. The fraction of sp³-hybridized carbons (Fsp3) is 0.500. The molecule has 20 heavy (non-hydrogen) atoms. The van der Waals surface area contributed by atoms with Gasteiger partial charge < -0.3 is 15.1 Å². The highest BCUT2D eigenvalue weighted by Crippen LogP contribution is 2.16. The maximum absolute atomic E-state index is 11.9. The number of hydrogen-bond acceptors (Lipinski definition) is 4. The fourth-order valence-corrected chi connectivity index (χ4v) is 2.23. The van der Waals surface area contributed by atoms with Crippen LogP contribution >= 0.6 is 0 Å². The van der Waals surface area contributed by atoms with Gasteiger partial charge in [0.15, 0.2) is 0 Å². The average Bonchev–Trinajstić information content (AvgIpc) is 2.42. The van der Waals surface area contributed by atoms with Crippen LogP contribution in [0.1, 0.15) is 23.3 Å². The van der Waals surface area contributed by atoms with Crippen molar-refractivity contribution in [1.82, 2.24) is 14.8 Å². The summed E-state index contributed by atoms with van der Waals surface area (Å²) in [6.07, 6.45) is 2.99. The molecule has 0 aliphatic carbocycles. The minimum atomic E-state index is -0.121. The summed E-state index contributed by atoms with van der Waals surface area (Å²) in [6, 6.07) is 3.80. The first-order valence-corrected chi connectivity index (χ1v) is 6.65. The van der Waals surface area contributed by atoms with E-state index in [1.165, 1.54) is 4.90 Å². The second kappa shape index (κ2) is 5.90. The zero-order valence-electron chi connectivity index (χ0n) is 12.1. The number of hydrogen-bond donors (Lipinski definition) is 1. The molecule has 1 unspecified atom stereocenters. The SMILES string of the molecule is CN(C)C(=O)c1cc(NC2CCC(=O)N(C)C2)ccn1. The Morgan fingerprint density at radius 2 is 2.25 bits per heavy atom. The third-order valence-electron chi connectivity index (χ3n) is 3.38. The highest BCUT2D eigenvalue weighted by molar-refractivity contribution is 5.92. The molecular weight excluding hydrogens is 256 g/mol. The number of likely N-dealkylation sites (tertiary alicyclic amines) is 1. The van der Waals surface area contributed by atoms with Crippen LogP contribution in [-0.2, 0) is 4.79 Å². The monoisotopic (exact) mass is 276 g/mol. The smallest absolute Gasteiger partial charge is 0.272 e. The first-order chi connectivity index (χ1) is 9.47. The molecule has 2 heterocycles. The molecule has 1 fully saturated rings. The van der Waals surface area contributed by atoms with Gasteiger partial charge in [-0.3, -0.25) is 14.6 Å². The van der Waals surface area contributed by atoms with Crippen LogP contribution in [0.2, 0.25) is 0 Å². The molecule has 1 aromatic rings. The summed E-state index contributed by atoms with van der Waals surface area (Å²) in [6.45, 7) is 0.679. The van der Waals surface area contributed by atoms with Crippen LogP contribution in [0.25, 0.3) is 0 Å². The Kier molecular flexibility index (Phi) is 4.22. The van der Waals surface area contributed by atoms with Gasteiger partial charge >= 0.3 is 0 Å². The molecule has 1 saturated heterocycles. The normalized spacial score (nSPS) is 18.9. The van der Waals surface area contributed by atoms with Crippen molar-refractivity contribution in [3.63, 3.8) is 0 Å². The highest BCUT2D eigenvalue weighted by Gasteiger charge is 2.22. The summed E-state index contributed by atoms with van der Waals surface area (Å²) >= 11 is 0. The zero-order chi connectivity index (χ0) is 14.7. The molecule has 108 valence electrons. The molecule has 0 bridgehead atoms. The van der Waals surface area contributed by atoms with Gasteiger partial charge in [0.25, 0.3) is 5.91 Å². The van der Waals surface area contributed by atoms with Crippen molar-refractivity contribution in [2.75, 3.05) is 33.0 Å². The van der Waals surface area contributed by atoms with Crippen LogP contribution in [0, 0.1) is 0 Å². The number of aromatic nitrogens is 1. The molecule has 2 rings (SSSR count). The number of nitrogens with zero attached hydrogens (tertiary/aromatic N) is 3. The minimum Gasteiger partial charge on any atom is -0.380 e. The van der Waals surface area contributed by atoms with Crippen molar-refractivity contribution in [3.8, 4) is 0 Å². The molecule has 0 saturated carbocycles. The summed E-state index contributed by atoms with van der Waals surface area (Å²) in [5.41, 5.74) is 1.28. The Morgan fingerprint density at radius 3 is 2.90 bits per heavy atom. The lowest BCUT2D eigenvalue weighted by atomic mass is 10.1. The summed E-state index contributed by atoms with van der Waals surface area (Å²) < 4.78 is 0. The third-order valence-corrected chi connectivity index (χ3v) is 3.38. The average molecular weight is 276 g/mol. The first-order valence-electron chi connectivity index (χ1n) is 6.65. The van der Waals surface area contributed by atoms with Crippen molar-refractivity contribution < 1.29 is 9.59 Å². The predicted octanol–water partition coefficient (Wildman–Crippen LogP) is 0.816. The number of piperidine rings is 1. The summed E-state index contributed by atoms with van der Waals surface area (Å²) in [5, 5.41) is 3.36. The van der Waals surface area contributed by atoms with E-state index >= 15 is 0 Å². The number of nitrogens with one attached hydrogen (secondary N) is 1. The quantitative estimate of drug-likeness (QED) is 0.887. The number of rotatable bonds is 3. The zero-order valence-corrected chi connectivity index (χ0v) is 12.1. The van der Waals surface area contributed by atoms with E-state index < -0.39 is 0 Å². The predicted molar refractivity (Wildman–Crippen MR) is 76.5 cm³/mol. The van der Waals surface area contributed by atoms with Gasteiger partial charge in [0, 0.05) is 52.0 Å². The van der Waals surface area contributed by atoms with Crippen LogP contribution in [0.3, 0.4) is 0 Å². The minimum absolute atomic E-state index is 0.121. The molecular formula is C14H20N4O2. The van der Waals surface area contributed by atoms with Crippen molar-refractivity contribution in [3.05, 3.63) is 24.0 Å². The molecule has 0 radical (unpaired) electrons. The Morgan fingerprint density at radius 1 is 1.50 bits per heavy atom. The van der Waals surface area contributed by atoms with Gasteiger partial charge in [-0.15, -0.1) is 0 Å². The van der Waals surface area contributed by atoms with E-state index in [0.29, 0.717) is 18.7 Å². The molecule has 6 heteroatoms. The molecule has 2 amide bonds. The maximum atomic E-state index is 11.9. The van der Waals surface area contributed by atoms with Crippen LogP contribution < -0.4 is 5.32 Å². The van der Waals surface area contributed by atoms with E-state index in [-0.39, 0.29) is 17.9 Å². The standard InChI is InChI=1S/C14H20N4O2/c1-17(2)14(20)12-8-10(6-7-15-12)16-11-4-5-13(19)18(3)9-11/h6-8,11H,4-5,9H2,1-3H3,(H,15,16). The lowest BCUT2D eigenvalue weighted by molar-refractivity contribution is -0.132. The van der Waals surface area contributed by atoms with E-state index in [0.717, 1.165) is 12.1 Å². The number of carbonyl (C=O) groups excluding carboxylic acids is 2. The Labute approximate surface area is 118 Å². The second-order valence-electron chi connectivity index (χ2n) is 5.28. The van der Waals surface area contributed by atoms with Crippen LogP contribution in [0.15, 0.2) is 18.3 Å². The van der Waals surface area contributed by atoms with Gasteiger partial charge in [0.1, 0.15) is 5.69 Å². The van der Waals surface area contributed by atoms with Gasteiger partial charge in [0.2, 0.25) is 5.91 Å². The van der Waals surface area contributed by atoms with Gasteiger partial charge in [-0.2, -0.15) is 0 Å². The summed E-state index contributed by atoms with van der Waals surface area (Å²) in [5.74, 6) is 0.0610. The molecule has 1 N–H and O–H groups in total. The van der Waals surface area contributed by atoms with Crippen molar-refractivity contribution >= 4 is 17.5 Å². The Balaban J connectivity index is 2.05. The maximum Gasteiger partial charge on any atom is 0.272 e. The molecule has 1 aliphatic heterocycles. The molecule has 0 spiro atoms. The fourth-order valence-electron chi connectivity index (χ4n) is 2.23. The van der Waals surface area contributed by atoms with E-state index in [1.807, 2.05) is 13.1 Å². The lowest BCUT2D eigenvalue weighted by Gasteiger charge is -2.30. The van der Waals surface area contributed by atoms with E-state index in [9.17, 15) is 9.59 Å². The van der Waals surface area contributed by atoms with Crippen LogP contribution in [-0.4, -0.2) is 60.3 Å². The van der Waals surface area contributed by atoms with Crippen LogP contribution in [0.4, 0.5) is 5.69 Å². The van der Waals surface area contributed by atoms with E-state index in [4.69, 9.17) is 0 Å². The van der Waals surface area contributed by atoms with Crippen LogP contribution in [0.5, 0.6) is 0 Å². The largest absolute Gasteiger partial charge is 0.380 e. The highest BCUT2D eigenvalue weighted by atomic mass is 16.2. The van der Waals surface area contributed by atoms with E-state index in [2.05, 4.69) is 10.3 Å². The van der Waals surface area contributed by atoms with E-state index in [1.54, 1.807) is 31.3 Å². The first kappa shape index (κ1) is 14.3. The second-order valence-corrected chi connectivity index (χ2v) is 5.28. The van der Waals surface area contributed by atoms with Gasteiger partial charge in [-0.25, -0.2) is 0 Å². The van der Waals surface area contributed by atoms with Crippen molar-refractivity contribution in [2.45, 2.75) is 18.9 Å². The molecule has 1 aromatic heterocycles. The summed E-state index contributed by atoms with van der Waals surface area (Å²) in [4.78, 5) is 30.6. The topological polar surface area (TPSA) is 65.5 Å². The lowest BCUT2D eigenvalue weighted by Crippen LogP contribution is -2.43. The molecule has 6 nitrogen and oxygen atoms in total. The number of anilines is 1.